The molecule has 3 aromatic carbocycles. The van der Waals surface area contributed by atoms with Gasteiger partial charge in [-0.3, -0.25) is 4.98 Å². The van der Waals surface area contributed by atoms with Crippen molar-refractivity contribution in [1.29, 1.82) is 0 Å². The van der Waals surface area contributed by atoms with Gasteiger partial charge in [0.15, 0.2) is 0 Å². The van der Waals surface area contributed by atoms with Crippen LogP contribution in [0.15, 0.2) is 85.5 Å². The number of pyridine rings is 1. The standard InChI is InChI=1S/C34H36FN3/c1-24(28-14-15-31(35)25(2)22-28)23-34(27-10-6-5-7-11-27)37(4)20-21-38-18-16-30-26(3)29-12-8-9-13-32(29)36-33(30)17-19-38/h5-15,22-23H,1,16-21H2,2-4H3/b34-23-. The fraction of sp³-hybridized carbons (Fsp3) is 0.265. The highest BCUT2D eigenvalue weighted by molar-refractivity contribution is 5.84. The lowest BCUT2D eigenvalue weighted by atomic mass is 9.99. The number of aryl methyl sites for hydroxylation is 2. The minimum Gasteiger partial charge on any atom is -0.373 e. The second-order valence-electron chi connectivity index (χ2n) is 10.3. The Hall–Kier alpha value is -3.76. The number of hydrogen-bond acceptors (Lipinski definition) is 3. The average molecular weight is 506 g/mol. The number of fused-ring (bicyclic) bond motifs is 2. The van der Waals surface area contributed by atoms with Crippen molar-refractivity contribution in [3.05, 3.63) is 125 Å². The van der Waals surface area contributed by atoms with Gasteiger partial charge in [0.25, 0.3) is 0 Å². The molecule has 4 heteroatoms. The monoisotopic (exact) mass is 505 g/mol. The number of hydrogen-bond donors (Lipinski definition) is 0. The van der Waals surface area contributed by atoms with Gasteiger partial charge in [-0.2, -0.15) is 0 Å². The molecule has 1 aliphatic rings. The average Bonchev–Trinajstić information content (AvgIpc) is 3.15. The number of allylic oxidation sites excluding steroid dienone is 2. The van der Waals surface area contributed by atoms with Crippen molar-refractivity contribution in [2.75, 3.05) is 33.2 Å². The van der Waals surface area contributed by atoms with E-state index in [-0.39, 0.29) is 5.82 Å². The molecule has 0 unspecified atom stereocenters. The molecule has 0 spiro atoms. The zero-order chi connectivity index (χ0) is 26.6. The van der Waals surface area contributed by atoms with E-state index in [0.717, 1.165) is 66.9 Å². The molecule has 194 valence electrons. The van der Waals surface area contributed by atoms with Gasteiger partial charge in [-0.05, 0) is 77.9 Å². The molecule has 0 fully saturated rings. The van der Waals surface area contributed by atoms with Crippen LogP contribution >= 0.6 is 0 Å². The lowest BCUT2D eigenvalue weighted by Crippen LogP contribution is -2.34. The summed E-state index contributed by atoms with van der Waals surface area (Å²) in [4.78, 5) is 9.90. The lowest BCUT2D eigenvalue weighted by molar-refractivity contribution is 0.263. The van der Waals surface area contributed by atoms with Crippen LogP contribution in [0, 0.1) is 19.7 Å². The van der Waals surface area contributed by atoms with E-state index in [1.807, 2.05) is 12.1 Å². The Balaban J connectivity index is 1.31. The van der Waals surface area contributed by atoms with E-state index in [2.05, 4.69) is 85.0 Å². The highest BCUT2D eigenvalue weighted by Gasteiger charge is 2.19. The van der Waals surface area contributed by atoms with Crippen LogP contribution < -0.4 is 0 Å². The molecule has 0 atom stereocenters. The maximum absolute atomic E-state index is 13.8. The molecule has 1 aromatic heterocycles. The van der Waals surface area contributed by atoms with Crippen molar-refractivity contribution in [2.45, 2.75) is 26.7 Å². The second-order valence-corrected chi connectivity index (χ2v) is 10.3. The summed E-state index contributed by atoms with van der Waals surface area (Å²) < 4.78 is 13.8. The van der Waals surface area contributed by atoms with Crippen molar-refractivity contribution in [1.82, 2.24) is 14.8 Å². The van der Waals surface area contributed by atoms with Gasteiger partial charge < -0.3 is 9.80 Å². The molecule has 3 nitrogen and oxygen atoms in total. The van der Waals surface area contributed by atoms with Crippen molar-refractivity contribution in [2.24, 2.45) is 0 Å². The Morgan fingerprint density at radius 3 is 2.50 bits per heavy atom. The Labute approximate surface area is 225 Å². The maximum Gasteiger partial charge on any atom is 0.126 e. The van der Waals surface area contributed by atoms with Gasteiger partial charge in [-0.1, -0.05) is 61.2 Å². The van der Waals surface area contributed by atoms with E-state index in [4.69, 9.17) is 4.98 Å². The van der Waals surface area contributed by atoms with E-state index < -0.39 is 0 Å². The summed E-state index contributed by atoms with van der Waals surface area (Å²) in [5.74, 6) is -0.191. The number of benzene rings is 3. The molecule has 2 heterocycles. The number of para-hydroxylation sites is 1. The zero-order valence-corrected chi connectivity index (χ0v) is 22.7. The first kappa shape index (κ1) is 25.9. The van der Waals surface area contributed by atoms with E-state index in [9.17, 15) is 4.39 Å². The van der Waals surface area contributed by atoms with Crippen LogP contribution in [0.5, 0.6) is 0 Å². The molecule has 0 saturated heterocycles. The van der Waals surface area contributed by atoms with Gasteiger partial charge in [-0.25, -0.2) is 4.39 Å². The Bertz CT molecular complexity index is 1490. The van der Waals surface area contributed by atoms with Crippen LogP contribution in [-0.4, -0.2) is 48.0 Å². The molecule has 5 rings (SSSR count). The third-order valence-corrected chi connectivity index (χ3v) is 7.78. The van der Waals surface area contributed by atoms with Crippen molar-refractivity contribution in [3.63, 3.8) is 0 Å². The van der Waals surface area contributed by atoms with Gasteiger partial charge in [0, 0.05) is 56.4 Å². The maximum atomic E-state index is 13.8. The van der Waals surface area contributed by atoms with Crippen LogP contribution in [0.25, 0.3) is 22.2 Å². The highest BCUT2D eigenvalue weighted by Crippen LogP contribution is 2.27. The topological polar surface area (TPSA) is 19.4 Å². The molecule has 4 aromatic rings. The number of likely N-dealkylation sites (N-methyl/N-ethyl adjacent to an activating group) is 1. The predicted octanol–water partition coefficient (Wildman–Crippen LogP) is 7.08. The molecule has 0 saturated carbocycles. The van der Waals surface area contributed by atoms with E-state index in [1.165, 1.54) is 28.3 Å². The summed E-state index contributed by atoms with van der Waals surface area (Å²) in [6.07, 6.45) is 4.14. The minimum absolute atomic E-state index is 0.191. The normalized spacial score (nSPS) is 14.3. The first-order valence-electron chi connectivity index (χ1n) is 13.4. The summed E-state index contributed by atoms with van der Waals surface area (Å²) >= 11 is 0. The summed E-state index contributed by atoms with van der Waals surface area (Å²) in [5, 5.41) is 1.27. The largest absolute Gasteiger partial charge is 0.373 e. The zero-order valence-electron chi connectivity index (χ0n) is 22.7. The van der Waals surface area contributed by atoms with Crippen LogP contribution in [-0.2, 0) is 12.8 Å². The van der Waals surface area contributed by atoms with Gasteiger partial charge in [0.1, 0.15) is 5.82 Å². The summed E-state index contributed by atoms with van der Waals surface area (Å²) in [6.45, 7) is 12.3. The van der Waals surface area contributed by atoms with E-state index in [0.29, 0.717) is 5.56 Å². The third kappa shape index (κ3) is 5.56. The van der Waals surface area contributed by atoms with Crippen LogP contribution in [0.1, 0.15) is 33.5 Å². The number of halogens is 1. The number of rotatable bonds is 7. The number of aromatic nitrogens is 1. The molecule has 38 heavy (non-hydrogen) atoms. The van der Waals surface area contributed by atoms with Gasteiger partial charge in [0.05, 0.1) is 5.52 Å². The molecule has 0 amide bonds. The third-order valence-electron chi connectivity index (χ3n) is 7.78. The molecular weight excluding hydrogens is 469 g/mol. The predicted molar refractivity (Wildman–Crippen MR) is 158 cm³/mol. The van der Waals surface area contributed by atoms with Crippen molar-refractivity contribution in [3.8, 4) is 0 Å². The fourth-order valence-electron chi connectivity index (χ4n) is 5.42. The highest BCUT2D eigenvalue weighted by atomic mass is 19.1. The Kier molecular flexibility index (Phi) is 7.71. The summed E-state index contributed by atoms with van der Waals surface area (Å²) in [5.41, 5.74) is 9.86. The Morgan fingerprint density at radius 2 is 1.71 bits per heavy atom. The molecule has 0 N–H and O–H groups in total. The smallest absolute Gasteiger partial charge is 0.126 e. The molecule has 0 aliphatic carbocycles. The Morgan fingerprint density at radius 1 is 0.974 bits per heavy atom. The first-order chi connectivity index (χ1) is 18.4. The molecule has 1 aliphatic heterocycles. The van der Waals surface area contributed by atoms with E-state index in [1.54, 1.807) is 13.0 Å². The van der Waals surface area contributed by atoms with E-state index >= 15 is 0 Å². The van der Waals surface area contributed by atoms with Gasteiger partial charge in [0.2, 0.25) is 0 Å². The second kappa shape index (κ2) is 11.3. The molecule has 0 radical (unpaired) electrons. The summed E-state index contributed by atoms with van der Waals surface area (Å²) in [6, 6.07) is 24.1. The quantitative estimate of drug-likeness (QED) is 0.250. The summed E-state index contributed by atoms with van der Waals surface area (Å²) in [7, 11) is 2.15. The van der Waals surface area contributed by atoms with Crippen LogP contribution in [0.4, 0.5) is 4.39 Å². The molecular formula is C34H36FN3. The molecule has 0 bridgehead atoms. The van der Waals surface area contributed by atoms with Crippen molar-refractivity contribution >= 4 is 22.2 Å². The SMILES string of the molecule is C=C(/C=C(/c1ccccc1)N(C)CCN1CCc2nc3ccccc3c(C)c2CC1)c1ccc(F)c(C)c1. The fourth-order valence-corrected chi connectivity index (χ4v) is 5.42. The van der Waals surface area contributed by atoms with Crippen LogP contribution in [0.2, 0.25) is 0 Å². The van der Waals surface area contributed by atoms with Crippen molar-refractivity contribution < 1.29 is 4.39 Å². The van der Waals surface area contributed by atoms with Gasteiger partial charge >= 0.3 is 0 Å². The van der Waals surface area contributed by atoms with Crippen LogP contribution in [0.3, 0.4) is 0 Å². The lowest BCUT2D eigenvalue weighted by Gasteiger charge is -2.28. The van der Waals surface area contributed by atoms with Gasteiger partial charge in [-0.15, -0.1) is 0 Å². The number of nitrogens with zero attached hydrogens (tertiary/aromatic N) is 3. The first-order valence-corrected chi connectivity index (χ1v) is 13.4. The minimum atomic E-state index is -0.191.